The van der Waals surface area contributed by atoms with Gasteiger partial charge in [0.25, 0.3) is 5.91 Å². The molecule has 1 atom stereocenters. The van der Waals surface area contributed by atoms with E-state index in [0.717, 1.165) is 12.8 Å². The Morgan fingerprint density at radius 2 is 2.00 bits per heavy atom. The minimum absolute atomic E-state index is 0.0494. The molecule has 6 heteroatoms. The Bertz CT molecular complexity index is 534. The second kappa shape index (κ2) is 5.89. The molecule has 3 rings (SSSR count). The minimum atomic E-state index is -0.314. The molecule has 2 aliphatic heterocycles. The number of aromatic nitrogens is 1. The number of hydrogen-bond donors (Lipinski definition) is 0. The predicted octanol–water partition coefficient (Wildman–Crippen LogP) is 0.488. The van der Waals surface area contributed by atoms with E-state index in [2.05, 4.69) is 0 Å². The fourth-order valence-corrected chi connectivity index (χ4v) is 3.09. The van der Waals surface area contributed by atoms with Crippen LogP contribution in [-0.2, 0) is 16.6 Å². The average Bonchev–Trinajstić information content (AvgIpc) is 3.15. The van der Waals surface area contributed by atoms with Crippen LogP contribution in [0.4, 0.5) is 0 Å². The van der Waals surface area contributed by atoms with Gasteiger partial charge in [-0.25, -0.2) is 0 Å². The van der Waals surface area contributed by atoms with E-state index in [0.29, 0.717) is 38.5 Å². The molecule has 2 aliphatic rings. The van der Waals surface area contributed by atoms with Gasteiger partial charge in [-0.2, -0.15) is 0 Å². The van der Waals surface area contributed by atoms with Crippen molar-refractivity contribution in [3.8, 4) is 0 Å². The summed E-state index contributed by atoms with van der Waals surface area (Å²) in [6.07, 6.45) is 3.49. The lowest BCUT2D eigenvalue weighted by Gasteiger charge is -2.32. The van der Waals surface area contributed by atoms with Crippen LogP contribution in [0.1, 0.15) is 23.3 Å². The van der Waals surface area contributed by atoms with E-state index in [9.17, 15) is 9.59 Å². The first-order chi connectivity index (χ1) is 10.2. The normalized spacial score (nSPS) is 22.6. The van der Waals surface area contributed by atoms with Crippen LogP contribution in [0.25, 0.3) is 0 Å². The zero-order valence-electron chi connectivity index (χ0n) is 12.3. The molecule has 2 saturated heterocycles. The molecular weight excluding hydrogens is 270 g/mol. The van der Waals surface area contributed by atoms with Gasteiger partial charge in [0.05, 0.1) is 13.2 Å². The fraction of sp³-hybridized carbons (Fsp3) is 0.600. The van der Waals surface area contributed by atoms with Crippen LogP contribution in [-0.4, -0.2) is 65.1 Å². The van der Waals surface area contributed by atoms with Gasteiger partial charge in [-0.1, -0.05) is 0 Å². The molecule has 6 nitrogen and oxygen atoms in total. The quantitative estimate of drug-likeness (QED) is 0.797. The number of nitrogens with zero attached hydrogens (tertiary/aromatic N) is 3. The Morgan fingerprint density at radius 1 is 1.24 bits per heavy atom. The van der Waals surface area contributed by atoms with Crippen molar-refractivity contribution >= 4 is 11.8 Å². The van der Waals surface area contributed by atoms with Crippen LogP contribution in [0.3, 0.4) is 0 Å². The summed E-state index contributed by atoms with van der Waals surface area (Å²) in [4.78, 5) is 28.8. The highest BCUT2D eigenvalue weighted by Crippen LogP contribution is 2.22. The van der Waals surface area contributed by atoms with Crippen LogP contribution in [0.5, 0.6) is 0 Å². The number of hydrogen-bond acceptors (Lipinski definition) is 3. The van der Waals surface area contributed by atoms with Gasteiger partial charge in [0.2, 0.25) is 5.91 Å². The molecule has 1 unspecified atom stereocenters. The predicted molar refractivity (Wildman–Crippen MR) is 76.9 cm³/mol. The van der Waals surface area contributed by atoms with Crippen molar-refractivity contribution in [2.75, 3.05) is 32.8 Å². The second-order valence-electron chi connectivity index (χ2n) is 5.60. The molecule has 0 spiro atoms. The smallest absolute Gasteiger partial charge is 0.271 e. The van der Waals surface area contributed by atoms with Crippen molar-refractivity contribution in [3.05, 3.63) is 24.0 Å². The van der Waals surface area contributed by atoms with E-state index >= 15 is 0 Å². The number of carbonyl (C=O) groups is 2. The van der Waals surface area contributed by atoms with E-state index < -0.39 is 0 Å². The van der Waals surface area contributed by atoms with Crippen molar-refractivity contribution < 1.29 is 14.3 Å². The third-order valence-electron chi connectivity index (χ3n) is 4.28. The van der Waals surface area contributed by atoms with Crippen LogP contribution in [0, 0.1) is 0 Å². The minimum Gasteiger partial charge on any atom is -0.378 e. The molecule has 2 amide bonds. The molecule has 0 bridgehead atoms. The Morgan fingerprint density at radius 3 is 2.67 bits per heavy atom. The van der Waals surface area contributed by atoms with Crippen LogP contribution in [0.15, 0.2) is 18.3 Å². The highest BCUT2D eigenvalue weighted by molar-refractivity contribution is 5.96. The number of carbonyl (C=O) groups excluding carboxylic acids is 2. The van der Waals surface area contributed by atoms with Crippen LogP contribution in [0.2, 0.25) is 0 Å². The maximum Gasteiger partial charge on any atom is 0.271 e. The SMILES string of the molecule is Cn1cccc1C(=O)N1CCCC1C(=O)N1CCOCC1. The zero-order chi connectivity index (χ0) is 14.8. The second-order valence-corrected chi connectivity index (χ2v) is 5.60. The van der Waals surface area contributed by atoms with Gasteiger partial charge in [-0.3, -0.25) is 9.59 Å². The van der Waals surface area contributed by atoms with E-state index in [4.69, 9.17) is 4.74 Å². The molecule has 114 valence electrons. The third kappa shape index (κ3) is 2.68. The Balaban J connectivity index is 1.74. The van der Waals surface area contributed by atoms with Gasteiger partial charge in [0, 0.05) is 32.9 Å². The molecule has 0 aromatic carbocycles. The monoisotopic (exact) mass is 291 g/mol. The summed E-state index contributed by atoms with van der Waals surface area (Å²) < 4.78 is 7.09. The molecule has 21 heavy (non-hydrogen) atoms. The first kappa shape index (κ1) is 14.1. The summed E-state index contributed by atoms with van der Waals surface area (Å²) in [5.41, 5.74) is 0.636. The Hall–Kier alpha value is -1.82. The molecule has 1 aromatic rings. The molecule has 3 heterocycles. The van der Waals surface area contributed by atoms with Gasteiger partial charge >= 0.3 is 0 Å². The first-order valence-corrected chi connectivity index (χ1v) is 7.47. The largest absolute Gasteiger partial charge is 0.378 e. The zero-order valence-corrected chi connectivity index (χ0v) is 12.3. The Kier molecular flexibility index (Phi) is 3.96. The molecule has 2 fully saturated rings. The van der Waals surface area contributed by atoms with E-state index in [1.165, 1.54) is 0 Å². The lowest BCUT2D eigenvalue weighted by atomic mass is 10.1. The lowest BCUT2D eigenvalue weighted by Crippen LogP contribution is -2.51. The number of likely N-dealkylation sites (tertiary alicyclic amines) is 1. The summed E-state index contributed by atoms with van der Waals surface area (Å²) in [6.45, 7) is 3.09. The van der Waals surface area contributed by atoms with Crippen molar-refractivity contribution in [1.29, 1.82) is 0 Å². The maximum absolute atomic E-state index is 12.6. The van der Waals surface area contributed by atoms with Gasteiger partial charge in [-0.15, -0.1) is 0 Å². The highest BCUT2D eigenvalue weighted by Gasteiger charge is 2.37. The van der Waals surface area contributed by atoms with Crippen molar-refractivity contribution in [1.82, 2.24) is 14.4 Å². The molecule has 0 saturated carbocycles. The van der Waals surface area contributed by atoms with Gasteiger partial charge < -0.3 is 19.1 Å². The molecule has 0 aliphatic carbocycles. The molecular formula is C15H21N3O3. The van der Waals surface area contributed by atoms with Crippen molar-refractivity contribution in [3.63, 3.8) is 0 Å². The van der Waals surface area contributed by atoms with Gasteiger partial charge in [0.15, 0.2) is 0 Å². The summed E-state index contributed by atoms with van der Waals surface area (Å²) >= 11 is 0. The Labute approximate surface area is 124 Å². The maximum atomic E-state index is 12.6. The molecule has 0 N–H and O–H groups in total. The molecule has 1 aromatic heterocycles. The van der Waals surface area contributed by atoms with E-state index in [1.807, 2.05) is 24.2 Å². The summed E-state index contributed by atoms with van der Waals surface area (Å²) in [5, 5.41) is 0. The highest BCUT2D eigenvalue weighted by atomic mass is 16.5. The standard InChI is InChI=1S/C15H21N3O3/c1-16-6-2-4-12(16)15(20)18-7-3-5-13(18)14(19)17-8-10-21-11-9-17/h2,4,6,13H,3,5,7-11H2,1H3. The topological polar surface area (TPSA) is 54.8 Å². The molecule has 0 radical (unpaired) electrons. The number of amides is 2. The van der Waals surface area contributed by atoms with Crippen LogP contribution >= 0.6 is 0 Å². The fourth-order valence-electron chi connectivity index (χ4n) is 3.09. The number of rotatable bonds is 2. The van der Waals surface area contributed by atoms with Crippen LogP contribution < -0.4 is 0 Å². The first-order valence-electron chi connectivity index (χ1n) is 7.47. The summed E-state index contributed by atoms with van der Waals surface area (Å²) in [5.74, 6) is 0.0185. The summed E-state index contributed by atoms with van der Waals surface area (Å²) in [6, 6.07) is 3.34. The number of morpholine rings is 1. The average molecular weight is 291 g/mol. The number of ether oxygens (including phenoxy) is 1. The number of aryl methyl sites for hydroxylation is 1. The van der Waals surface area contributed by atoms with Gasteiger partial charge in [0.1, 0.15) is 11.7 Å². The lowest BCUT2D eigenvalue weighted by molar-refractivity contribution is -0.139. The van der Waals surface area contributed by atoms with Crippen molar-refractivity contribution in [2.24, 2.45) is 7.05 Å². The summed E-state index contributed by atoms with van der Waals surface area (Å²) in [7, 11) is 1.85. The van der Waals surface area contributed by atoms with Crippen molar-refractivity contribution in [2.45, 2.75) is 18.9 Å². The third-order valence-corrected chi connectivity index (χ3v) is 4.28. The van der Waals surface area contributed by atoms with E-state index in [1.54, 1.807) is 15.5 Å². The van der Waals surface area contributed by atoms with Gasteiger partial charge in [-0.05, 0) is 25.0 Å². The van der Waals surface area contributed by atoms with E-state index in [-0.39, 0.29) is 17.9 Å².